The van der Waals surface area contributed by atoms with Gasteiger partial charge in [-0.1, -0.05) is 23.9 Å². The van der Waals surface area contributed by atoms with E-state index in [1.807, 2.05) is 30.3 Å². The second-order valence-electron chi connectivity index (χ2n) is 5.54. The average molecular weight is 357 g/mol. The van der Waals surface area contributed by atoms with Crippen molar-refractivity contribution in [1.82, 2.24) is 4.98 Å². The summed E-state index contributed by atoms with van der Waals surface area (Å²) in [6.45, 7) is 0. The molecule has 24 heavy (non-hydrogen) atoms. The highest BCUT2D eigenvalue weighted by molar-refractivity contribution is 8.01. The minimum Gasteiger partial charge on any atom is -0.497 e. The van der Waals surface area contributed by atoms with Crippen molar-refractivity contribution in [3.05, 3.63) is 48.0 Å². The summed E-state index contributed by atoms with van der Waals surface area (Å²) in [6, 6.07) is 13.7. The van der Waals surface area contributed by atoms with Crippen molar-refractivity contribution in [3.8, 4) is 11.5 Å². The van der Waals surface area contributed by atoms with Crippen LogP contribution >= 0.6 is 23.1 Å². The molecule has 1 aromatic heterocycles. The van der Waals surface area contributed by atoms with Crippen molar-refractivity contribution in [2.24, 2.45) is 0 Å². The highest BCUT2D eigenvalue weighted by Crippen LogP contribution is 2.40. The van der Waals surface area contributed by atoms with Crippen LogP contribution in [0.15, 0.2) is 46.8 Å². The lowest BCUT2D eigenvalue weighted by Gasteiger charge is -2.24. The van der Waals surface area contributed by atoms with E-state index in [2.05, 4.69) is 11.1 Å². The molecule has 2 heterocycles. The van der Waals surface area contributed by atoms with Gasteiger partial charge in [-0.25, -0.2) is 4.98 Å². The lowest BCUT2D eigenvalue weighted by Crippen LogP contribution is -2.21. The van der Waals surface area contributed by atoms with Crippen LogP contribution in [0.3, 0.4) is 0 Å². The van der Waals surface area contributed by atoms with Crippen molar-refractivity contribution in [3.63, 3.8) is 0 Å². The maximum Gasteiger partial charge on any atom is 0.311 e. The molecule has 0 fully saturated rings. The van der Waals surface area contributed by atoms with Crippen molar-refractivity contribution in [2.75, 3.05) is 12.9 Å². The number of fused-ring (bicyclic) bond motifs is 2. The minimum absolute atomic E-state index is 0.105. The van der Waals surface area contributed by atoms with Gasteiger partial charge in [0, 0.05) is 17.2 Å². The summed E-state index contributed by atoms with van der Waals surface area (Å²) < 4.78 is 12.9. The number of rotatable bonds is 4. The second-order valence-corrected chi connectivity index (χ2v) is 7.84. The molecule has 0 spiro atoms. The second kappa shape index (κ2) is 6.45. The fraction of sp³-hybridized carbons (Fsp3) is 0.222. The highest BCUT2D eigenvalue weighted by atomic mass is 32.2. The molecule has 0 amide bonds. The Hall–Kier alpha value is -2.05. The smallest absolute Gasteiger partial charge is 0.311 e. The van der Waals surface area contributed by atoms with Crippen LogP contribution in [0.4, 0.5) is 0 Å². The maximum atomic E-state index is 11.9. The van der Waals surface area contributed by atoms with Gasteiger partial charge in [0.05, 0.1) is 23.7 Å². The van der Waals surface area contributed by atoms with E-state index in [1.54, 1.807) is 36.3 Å². The third kappa shape index (κ3) is 2.99. The van der Waals surface area contributed by atoms with Crippen LogP contribution < -0.4 is 9.47 Å². The molecule has 0 saturated carbocycles. The predicted molar refractivity (Wildman–Crippen MR) is 96.3 cm³/mol. The lowest BCUT2D eigenvalue weighted by molar-refractivity contribution is -0.135. The SMILES string of the molecule is COc1ccc2c(c1)C(CSc1nc3ccccc3s1)CC(=O)O2. The molecule has 0 N–H and O–H groups in total. The average Bonchev–Trinajstić information content (AvgIpc) is 3.02. The molecule has 1 unspecified atom stereocenters. The Balaban J connectivity index is 1.57. The van der Waals surface area contributed by atoms with Crippen molar-refractivity contribution < 1.29 is 14.3 Å². The first-order chi connectivity index (χ1) is 11.7. The van der Waals surface area contributed by atoms with E-state index in [4.69, 9.17) is 9.47 Å². The fourth-order valence-corrected chi connectivity index (χ4v) is 4.98. The molecule has 4 nitrogen and oxygen atoms in total. The standard InChI is InChI=1S/C18H15NO3S2/c1-21-12-6-7-15-13(9-12)11(8-17(20)22-15)10-23-18-19-14-4-2-3-5-16(14)24-18/h2-7,9,11H,8,10H2,1H3. The fourth-order valence-electron chi connectivity index (χ4n) is 2.77. The Morgan fingerprint density at radius 3 is 3.04 bits per heavy atom. The number of hydrogen-bond acceptors (Lipinski definition) is 6. The van der Waals surface area contributed by atoms with E-state index < -0.39 is 0 Å². The summed E-state index contributed by atoms with van der Waals surface area (Å²) in [7, 11) is 1.64. The molecule has 1 atom stereocenters. The summed E-state index contributed by atoms with van der Waals surface area (Å²) in [5.41, 5.74) is 2.05. The maximum absolute atomic E-state index is 11.9. The van der Waals surface area contributed by atoms with E-state index in [0.717, 1.165) is 26.9 Å². The highest BCUT2D eigenvalue weighted by Gasteiger charge is 2.28. The molecule has 0 radical (unpaired) electrons. The third-order valence-electron chi connectivity index (χ3n) is 3.98. The molecule has 0 saturated heterocycles. The van der Waals surface area contributed by atoms with E-state index >= 15 is 0 Å². The van der Waals surface area contributed by atoms with Crippen LogP contribution in [0, 0.1) is 0 Å². The molecule has 1 aliphatic rings. The first-order valence-electron chi connectivity index (χ1n) is 7.60. The van der Waals surface area contributed by atoms with Gasteiger partial charge in [0.2, 0.25) is 0 Å². The Bertz CT molecular complexity index is 873. The van der Waals surface area contributed by atoms with Gasteiger partial charge in [0.25, 0.3) is 0 Å². The van der Waals surface area contributed by atoms with Crippen LogP contribution in [0.2, 0.25) is 0 Å². The van der Waals surface area contributed by atoms with Gasteiger partial charge in [0.15, 0.2) is 4.34 Å². The Morgan fingerprint density at radius 1 is 1.33 bits per heavy atom. The first kappa shape index (κ1) is 15.5. The number of aromatic nitrogens is 1. The Morgan fingerprint density at radius 2 is 2.21 bits per heavy atom. The number of ether oxygens (including phenoxy) is 2. The van der Waals surface area contributed by atoms with Crippen LogP contribution in [0.5, 0.6) is 11.5 Å². The third-order valence-corrected chi connectivity index (χ3v) is 6.32. The van der Waals surface area contributed by atoms with Gasteiger partial charge in [-0.05, 0) is 30.3 Å². The van der Waals surface area contributed by atoms with E-state index in [9.17, 15) is 4.79 Å². The quantitative estimate of drug-likeness (QED) is 0.391. The van der Waals surface area contributed by atoms with Gasteiger partial charge in [-0.2, -0.15) is 0 Å². The Kier molecular flexibility index (Phi) is 4.16. The number of methoxy groups -OCH3 is 1. The van der Waals surface area contributed by atoms with Crippen molar-refractivity contribution in [2.45, 2.75) is 16.7 Å². The van der Waals surface area contributed by atoms with Crippen LogP contribution in [-0.2, 0) is 4.79 Å². The zero-order valence-corrected chi connectivity index (χ0v) is 14.7. The number of benzene rings is 2. The van der Waals surface area contributed by atoms with Crippen LogP contribution in [0.25, 0.3) is 10.2 Å². The molecule has 4 rings (SSSR count). The van der Waals surface area contributed by atoms with E-state index in [1.165, 1.54) is 4.70 Å². The number of thiazole rings is 1. The van der Waals surface area contributed by atoms with Gasteiger partial charge >= 0.3 is 5.97 Å². The zero-order chi connectivity index (χ0) is 16.5. The number of hydrogen-bond donors (Lipinski definition) is 0. The number of nitrogens with zero attached hydrogens (tertiary/aromatic N) is 1. The number of carbonyl (C=O) groups is 1. The number of thioether (sulfide) groups is 1. The monoisotopic (exact) mass is 357 g/mol. The first-order valence-corrected chi connectivity index (χ1v) is 9.40. The molecular weight excluding hydrogens is 342 g/mol. The van der Waals surface area contributed by atoms with Crippen molar-refractivity contribution >= 4 is 39.3 Å². The van der Waals surface area contributed by atoms with Gasteiger partial charge in [-0.3, -0.25) is 4.79 Å². The van der Waals surface area contributed by atoms with Gasteiger partial charge < -0.3 is 9.47 Å². The van der Waals surface area contributed by atoms with Crippen LogP contribution in [0.1, 0.15) is 17.9 Å². The molecule has 0 bridgehead atoms. The predicted octanol–water partition coefficient (Wildman–Crippen LogP) is 4.49. The summed E-state index contributed by atoms with van der Waals surface area (Å²) in [5.74, 6) is 2.13. The van der Waals surface area contributed by atoms with E-state index in [-0.39, 0.29) is 11.9 Å². The molecular formula is C18H15NO3S2. The molecule has 0 aliphatic carbocycles. The topological polar surface area (TPSA) is 48.4 Å². The molecule has 122 valence electrons. The number of carbonyl (C=O) groups excluding carboxylic acids is 1. The summed E-state index contributed by atoms with van der Waals surface area (Å²) in [5, 5.41) is 0. The molecule has 6 heteroatoms. The summed E-state index contributed by atoms with van der Waals surface area (Å²) >= 11 is 3.38. The normalized spacial score (nSPS) is 16.7. The van der Waals surface area contributed by atoms with Crippen molar-refractivity contribution in [1.29, 1.82) is 0 Å². The van der Waals surface area contributed by atoms with Gasteiger partial charge in [0.1, 0.15) is 11.5 Å². The summed E-state index contributed by atoms with van der Waals surface area (Å²) in [6.07, 6.45) is 0.387. The minimum atomic E-state index is -0.178. The number of para-hydroxylation sites is 1. The molecule has 2 aromatic carbocycles. The zero-order valence-electron chi connectivity index (χ0n) is 13.0. The summed E-state index contributed by atoms with van der Waals surface area (Å²) in [4.78, 5) is 16.5. The lowest BCUT2D eigenvalue weighted by atomic mass is 9.94. The van der Waals surface area contributed by atoms with Crippen LogP contribution in [-0.4, -0.2) is 23.8 Å². The molecule has 3 aromatic rings. The number of esters is 1. The largest absolute Gasteiger partial charge is 0.497 e. The molecule has 1 aliphatic heterocycles. The van der Waals surface area contributed by atoms with E-state index in [0.29, 0.717) is 12.2 Å². The van der Waals surface area contributed by atoms with Gasteiger partial charge in [-0.15, -0.1) is 11.3 Å². The Labute approximate surface area is 147 Å².